The lowest BCUT2D eigenvalue weighted by atomic mass is 10.2. The van der Waals surface area contributed by atoms with Crippen molar-refractivity contribution in [3.05, 3.63) is 0 Å². The zero-order valence-corrected chi connectivity index (χ0v) is 5.41. The second-order valence-electron chi connectivity index (χ2n) is 1.95. The number of hydrogen-bond donors (Lipinski definition) is 3. The first-order valence-corrected chi connectivity index (χ1v) is 2.80. The van der Waals surface area contributed by atoms with E-state index < -0.39 is 17.9 Å². The van der Waals surface area contributed by atoms with Gasteiger partial charge in [-0.15, -0.1) is 0 Å². The number of carbonyl (C=O) groups excluding carboxylic acids is 1. The van der Waals surface area contributed by atoms with Crippen LogP contribution >= 0.6 is 0 Å². The van der Waals surface area contributed by atoms with Crippen LogP contribution in [-0.4, -0.2) is 23.0 Å². The molecular weight excluding hydrogens is 137 g/mol. The van der Waals surface area contributed by atoms with Gasteiger partial charge in [-0.3, -0.25) is 9.59 Å². The Balaban J connectivity index is 3.49. The van der Waals surface area contributed by atoms with Gasteiger partial charge in [0.05, 0.1) is 0 Å². The molecule has 0 fully saturated rings. The molecule has 0 radical (unpaired) electrons. The van der Waals surface area contributed by atoms with Crippen molar-refractivity contribution >= 4 is 11.9 Å². The second kappa shape index (κ2) is 3.84. The van der Waals surface area contributed by atoms with Crippen LogP contribution in [0.1, 0.15) is 12.8 Å². The molecule has 0 aliphatic rings. The maximum absolute atomic E-state index is 10.1. The normalized spacial score (nSPS) is 12.5. The summed E-state index contributed by atoms with van der Waals surface area (Å²) in [7, 11) is 0. The van der Waals surface area contributed by atoms with Crippen molar-refractivity contribution in [2.75, 3.05) is 0 Å². The van der Waals surface area contributed by atoms with Gasteiger partial charge in [0.1, 0.15) is 6.04 Å². The molecule has 0 unspecified atom stereocenters. The molecule has 0 saturated carbocycles. The highest BCUT2D eigenvalue weighted by molar-refractivity contribution is 5.76. The maximum Gasteiger partial charge on any atom is 0.320 e. The third-order valence-corrected chi connectivity index (χ3v) is 1.02. The van der Waals surface area contributed by atoms with Gasteiger partial charge in [0, 0.05) is 6.42 Å². The third kappa shape index (κ3) is 3.85. The van der Waals surface area contributed by atoms with Gasteiger partial charge < -0.3 is 16.6 Å². The average Bonchev–Trinajstić information content (AvgIpc) is 1.82. The van der Waals surface area contributed by atoms with Crippen LogP contribution in [0.5, 0.6) is 0 Å². The Morgan fingerprint density at radius 1 is 1.50 bits per heavy atom. The van der Waals surface area contributed by atoms with Gasteiger partial charge >= 0.3 is 5.97 Å². The number of nitrogens with two attached hydrogens (primary N) is 2. The number of amides is 1. The lowest BCUT2D eigenvalue weighted by Gasteiger charge is -2.01. The van der Waals surface area contributed by atoms with Gasteiger partial charge in [-0.25, -0.2) is 0 Å². The number of carbonyl (C=O) groups is 2. The molecule has 0 aromatic carbocycles. The quantitative estimate of drug-likeness (QED) is 0.428. The van der Waals surface area contributed by atoms with E-state index in [1.54, 1.807) is 0 Å². The standard InChI is InChI=1S/C5H10N2O3/c6-3(5(9)10)1-2-4(7)8/h3H,1-2,6H2,(H2,7,8)(H,9,10)/t3-/m0/s1/i4+1. The van der Waals surface area contributed by atoms with Crippen LogP contribution in [0.3, 0.4) is 0 Å². The Morgan fingerprint density at radius 3 is 2.30 bits per heavy atom. The van der Waals surface area contributed by atoms with Gasteiger partial charge in [-0.2, -0.15) is 0 Å². The molecule has 10 heavy (non-hydrogen) atoms. The molecule has 0 saturated heterocycles. The Hall–Kier alpha value is -1.10. The summed E-state index contributed by atoms with van der Waals surface area (Å²) in [5, 5.41) is 8.22. The summed E-state index contributed by atoms with van der Waals surface area (Å²) in [5.41, 5.74) is 9.81. The van der Waals surface area contributed by atoms with Gasteiger partial charge in [0.25, 0.3) is 0 Å². The highest BCUT2D eigenvalue weighted by Gasteiger charge is 2.11. The second-order valence-corrected chi connectivity index (χ2v) is 1.95. The predicted molar refractivity (Wildman–Crippen MR) is 34.0 cm³/mol. The minimum Gasteiger partial charge on any atom is -0.480 e. The van der Waals surface area contributed by atoms with E-state index in [4.69, 9.17) is 16.6 Å². The largest absolute Gasteiger partial charge is 0.480 e. The number of rotatable bonds is 4. The van der Waals surface area contributed by atoms with Crippen LogP contribution in [0.4, 0.5) is 0 Å². The summed E-state index contributed by atoms with van der Waals surface area (Å²) < 4.78 is 0. The Kier molecular flexibility index (Phi) is 3.42. The minimum atomic E-state index is -1.11. The molecule has 0 aromatic rings. The van der Waals surface area contributed by atoms with Crippen molar-refractivity contribution in [3.8, 4) is 0 Å². The fourth-order valence-corrected chi connectivity index (χ4v) is 0.421. The van der Waals surface area contributed by atoms with Crippen LogP contribution in [0.25, 0.3) is 0 Å². The summed E-state index contributed by atoms with van der Waals surface area (Å²) in [6.07, 6.45) is 0.123. The summed E-state index contributed by atoms with van der Waals surface area (Å²) in [6.45, 7) is 0. The van der Waals surface area contributed by atoms with Crippen LogP contribution in [0.15, 0.2) is 0 Å². The molecule has 0 aromatic heterocycles. The number of primary amides is 1. The first-order valence-electron chi connectivity index (χ1n) is 2.80. The fourth-order valence-electron chi connectivity index (χ4n) is 0.421. The van der Waals surface area contributed by atoms with E-state index in [-0.39, 0.29) is 12.8 Å². The topological polar surface area (TPSA) is 106 Å². The molecule has 0 spiro atoms. The van der Waals surface area contributed by atoms with Crippen molar-refractivity contribution in [3.63, 3.8) is 0 Å². The first kappa shape index (κ1) is 8.90. The van der Waals surface area contributed by atoms with Crippen LogP contribution in [0.2, 0.25) is 0 Å². The molecule has 1 amide bonds. The average molecular weight is 147 g/mol. The SMILES string of the molecule is N[C@@H](CC[13C](N)=O)C(=O)O. The zero-order chi connectivity index (χ0) is 8.15. The van der Waals surface area contributed by atoms with Crippen molar-refractivity contribution < 1.29 is 14.7 Å². The molecule has 5 nitrogen and oxygen atoms in total. The summed E-state index contributed by atoms with van der Waals surface area (Å²) >= 11 is 0. The predicted octanol–water partition coefficient (Wildman–Crippen LogP) is -1.34. The van der Waals surface area contributed by atoms with Crippen molar-refractivity contribution in [1.29, 1.82) is 0 Å². The Labute approximate surface area is 58.0 Å². The van der Waals surface area contributed by atoms with Gasteiger partial charge in [-0.1, -0.05) is 0 Å². The fraction of sp³-hybridized carbons (Fsp3) is 0.600. The summed E-state index contributed by atoms with van der Waals surface area (Å²) in [4.78, 5) is 20.1. The molecule has 0 bridgehead atoms. The van der Waals surface area contributed by atoms with E-state index in [2.05, 4.69) is 0 Å². The van der Waals surface area contributed by atoms with Crippen LogP contribution in [0, 0.1) is 0 Å². The van der Waals surface area contributed by atoms with E-state index >= 15 is 0 Å². The molecule has 5 N–H and O–H groups in total. The minimum absolute atomic E-state index is 0.0213. The maximum atomic E-state index is 10.1. The molecular formula is C5H10N2O3. The third-order valence-electron chi connectivity index (χ3n) is 1.02. The highest BCUT2D eigenvalue weighted by atomic mass is 16.4. The monoisotopic (exact) mass is 147 g/mol. The Bertz CT molecular complexity index is 146. The number of aliphatic carboxylic acids is 1. The lowest BCUT2D eigenvalue weighted by Crippen LogP contribution is -2.31. The van der Waals surface area contributed by atoms with E-state index in [1.807, 2.05) is 0 Å². The van der Waals surface area contributed by atoms with Crippen LogP contribution < -0.4 is 11.5 Å². The van der Waals surface area contributed by atoms with E-state index in [0.29, 0.717) is 0 Å². The summed E-state index contributed by atoms with van der Waals surface area (Å²) in [6, 6.07) is -0.979. The molecule has 0 aliphatic heterocycles. The van der Waals surface area contributed by atoms with Gasteiger partial charge in [-0.05, 0) is 6.42 Å². The Morgan fingerprint density at radius 2 is 2.00 bits per heavy atom. The van der Waals surface area contributed by atoms with Crippen molar-refractivity contribution in [2.24, 2.45) is 11.5 Å². The molecule has 58 valence electrons. The first-order chi connectivity index (χ1) is 4.54. The van der Waals surface area contributed by atoms with Gasteiger partial charge in [0.2, 0.25) is 5.91 Å². The number of carboxylic acid groups (broad SMARTS) is 1. The lowest BCUT2D eigenvalue weighted by molar-refractivity contribution is -0.138. The van der Waals surface area contributed by atoms with E-state index in [1.165, 1.54) is 0 Å². The molecule has 0 aliphatic carbocycles. The molecule has 0 rings (SSSR count). The smallest absolute Gasteiger partial charge is 0.320 e. The molecule has 0 heterocycles. The number of carboxylic acids is 1. The van der Waals surface area contributed by atoms with Crippen LogP contribution in [-0.2, 0) is 9.59 Å². The number of hydrogen-bond acceptors (Lipinski definition) is 3. The van der Waals surface area contributed by atoms with Gasteiger partial charge in [0.15, 0.2) is 0 Å². The zero-order valence-electron chi connectivity index (χ0n) is 5.41. The highest BCUT2D eigenvalue weighted by Crippen LogP contribution is 1.92. The van der Waals surface area contributed by atoms with E-state index in [9.17, 15) is 9.59 Å². The van der Waals surface area contributed by atoms with Crippen molar-refractivity contribution in [2.45, 2.75) is 18.9 Å². The summed E-state index contributed by atoms with van der Waals surface area (Å²) in [5.74, 6) is -1.64. The van der Waals surface area contributed by atoms with E-state index in [0.717, 1.165) is 0 Å². The molecule has 5 heteroatoms. The van der Waals surface area contributed by atoms with Crippen molar-refractivity contribution in [1.82, 2.24) is 0 Å². The molecule has 1 atom stereocenters.